The molecule has 0 bridgehead atoms. The van der Waals surface area contributed by atoms with Crippen molar-refractivity contribution in [3.05, 3.63) is 28.8 Å². The fourth-order valence-electron chi connectivity index (χ4n) is 1.29. The lowest BCUT2D eigenvalue weighted by atomic mass is 10.0. The first kappa shape index (κ1) is 11.1. The normalized spacial score (nSPS) is 9.40. The van der Waals surface area contributed by atoms with Crippen molar-refractivity contribution < 1.29 is 9.53 Å². The molecule has 1 rings (SSSR count). The van der Waals surface area contributed by atoms with E-state index in [4.69, 9.17) is 12.2 Å². The molecular weight excluding hydrogens is 190 g/mol. The number of anilines is 1. The molecule has 0 saturated heterocycles. The van der Waals surface area contributed by atoms with Crippen LogP contribution in [0, 0.1) is 19.3 Å². The zero-order chi connectivity index (χ0) is 11.4. The van der Waals surface area contributed by atoms with Crippen molar-refractivity contribution in [2.45, 2.75) is 13.3 Å². The molecule has 0 aliphatic heterocycles. The van der Waals surface area contributed by atoms with Gasteiger partial charge in [-0.1, -0.05) is 5.92 Å². The lowest BCUT2D eigenvalue weighted by Crippen LogP contribution is -2.06. The summed E-state index contributed by atoms with van der Waals surface area (Å²) in [6.07, 6.45) is 5.52. The van der Waals surface area contributed by atoms with Gasteiger partial charge in [0.25, 0.3) is 0 Å². The van der Waals surface area contributed by atoms with Crippen molar-refractivity contribution in [2.24, 2.45) is 0 Å². The molecule has 3 nitrogen and oxygen atoms in total. The molecule has 0 amide bonds. The third-order valence-corrected chi connectivity index (χ3v) is 2.24. The second-order valence-corrected chi connectivity index (χ2v) is 3.25. The number of hydrogen-bond acceptors (Lipinski definition) is 3. The number of esters is 1. The van der Waals surface area contributed by atoms with Gasteiger partial charge >= 0.3 is 5.97 Å². The highest BCUT2D eigenvalue weighted by molar-refractivity contribution is 5.73. The fraction of sp³-hybridized carbons (Fsp3) is 0.250. The van der Waals surface area contributed by atoms with E-state index in [0.717, 1.165) is 11.1 Å². The van der Waals surface area contributed by atoms with Gasteiger partial charge in [-0.05, 0) is 30.2 Å². The van der Waals surface area contributed by atoms with Gasteiger partial charge in [0.15, 0.2) is 0 Å². The molecule has 78 valence electrons. The maximum absolute atomic E-state index is 11.1. The van der Waals surface area contributed by atoms with Crippen LogP contribution in [0.15, 0.2) is 12.1 Å². The first-order chi connectivity index (χ1) is 7.08. The summed E-state index contributed by atoms with van der Waals surface area (Å²) in [5, 5.41) is 0. The third kappa shape index (κ3) is 2.50. The molecule has 0 spiro atoms. The van der Waals surface area contributed by atoms with Gasteiger partial charge in [0, 0.05) is 11.3 Å². The van der Waals surface area contributed by atoms with Gasteiger partial charge in [-0.3, -0.25) is 4.79 Å². The molecule has 0 atom stereocenters. The summed E-state index contributed by atoms with van der Waals surface area (Å²) in [5.74, 6) is 2.23. The van der Waals surface area contributed by atoms with Crippen molar-refractivity contribution in [3.8, 4) is 12.3 Å². The largest absolute Gasteiger partial charge is 0.469 e. The number of benzene rings is 1. The number of ether oxygens (including phenoxy) is 1. The average molecular weight is 203 g/mol. The topological polar surface area (TPSA) is 52.3 Å². The molecule has 1 aromatic carbocycles. The Bertz CT molecular complexity index is 430. The van der Waals surface area contributed by atoms with E-state index in [9.17, 15) is 4.79 Å². The second-order valence-electron chi connectivity index (χ2n) is 3.25. The van der Waals surface area contributed by atoms with Crippen LogP contribution < -0.4 is 5.73 Å². The quantitative estimate of drug-likeness (QED) is 0.447. The Hall–Kier alpha value is -1.95. The van der Waals surface area contributed by atoms with Crippen LogP contribution in [-0.2, 0) is 16.0 Å². The van der Waals surface area contributed by atoms with Gasteiger partial charge in [-0.25, -0.2) is 0 Å². The van der Waals surface area contributed by atoms with E-state index in [-0.39, 0.29) is 12.4 Å². The second kappa shape index (κ2) is 4.52. The molecule has 0 heterocycles. The van der Waals surface area contributed by atoms with E-state index in [1.165, 1.54) is 7.11 Å². The van der Waals surface area contributed by atoms with Crippen LogP contribution in [0.4, 0.5) is 5.69 Å². The van der Waals surface area contributed by atoms with Crippen molar-refractivity contribution in [1.82, 2.24) is 0 Å². The minimum atomic E-state index is -0.304. The number of carbonyl (C=O) groups excluding carboxylic acids is 1. The summed E-state index contributed by atoms with van der Waals surface area (Å²) < 4.78 is 4.57. The van der Waals surface area contributed by atoms with E-state index < -0.39 is 0 Å². The SMILES string of the molecule is C#Cc1cc(CC(=O)OC)cc(N)c1C. The van der Waals surface area contributed by atoms with Gasteiger partial charge < -0.3 is 10.5 Å². The highest BCUT2D eigenvalue weighted by atomic mass is 16.5. The molecule has 0 aromatic heterocycles. The van der Waals surface area contributed by atoms with Gasteiger partial charge in [0.1, 0.15) is 0 Å². The maximum Gasteiger partial charge on any atom is 0.309 e. The molecule has 0 radical (unpaired) electrons. The molecule has 2 N–H and O–H groups in total. The van der Waals surface area contributed by atoms with Gasteiger partial charge in [0.2, 0.25) is 0 Å². The fourth-order valence-corrected chi connectivity index (χ4v) is 1.29. The van der Waals surface area contributed by atoms with Crippen molar-refractivity contribution in [1.29, 1.82) is 0 Å². The molecule has 1 aromatic rings. The Morgan fingerprint density at radius 1 is 1.60 bits per heavy atom. The first-order valence-electron chi connectivity index (χ1n) is 4.51. The zero-order valence-electron chi connectivity index (χ0n) is 8.83. The molecule has 0 unspecified atom stereocenters. The summed E-state index contributed by atoms with van der Waals surface area (Å²) in [6, 6.07) is 3.52. The summed E-state index contributed by atoms with van der Waals surface area (Å²) in [7, 11) is 1.35. The number of methoxy groups -OCH3 is 1. The number of nitrogen functional groups attached to an aromatic ring is 1. The van der Waals surface area contributed by atoms with E-state index in [2.05, 4.69) is 10.7 Å². The first-order valence-corrected chi connectivity index (χ1v) is 4.51. The van der Waals surface area contributed by atoms with Crippen molar-refractivity contribution in [3.63, 3.8) is 0 Å². The molecule has 15 heavy (non-hydrogen) atoms. The standard InChI is InChI=1S/C12H13NO2/c1-4-10-5-9(7-12(14)15-3)6-11(13)8(10)2/h1,5-6H,7,13H2,2-3H3. The van der Waals surface area contributed by atoms with Crippen molar-refractivity contribution in [2.75, 3.05) is 12.8 Å². The zero-order valence-corrected chi connectivity index (χ0v) is 8.83. The summed E-state index contributed by atoms with van der Waals surface area (Å²) in [6.45, 7) is 1.85. The minimum Gasteiger partial charge on any atom is -0.469 e. The van der Waals surface area contributed by atoms with Crippen LogP contribution in [0.3, 0.4) is 0 Å². The van der Waals surface area contributed by atoms with Crippen LogP contribution in [0.5, 0.6) is 0 Å². The Kier molecular flexibility index (Phi) is 3.35. The molecule has 0 fully saturated rings. The number of terminal acetylenes is 1. The molecular formula is C12H13NO2. The number of hydrogen-bond donors (Lipinski definition) is 1. The monoisotopic (exact) mass is 203 g/mol. The van der Waals surface area contributed by atoms with E-state index >= 15 is 0 Å². The highest BCUT2D eigenvalue weighted by Crippen LogP contribution is 2.18. The Morgan fingerprint density at radius 3 is 2.80 bits per heavy atom. The van der Waals surface area contributed by atoms with Gasteiger partial charge in [-0.2, -0.15) is 0 Å². The molecule has 0 aliphatic rings. The van der Waals surface area contributed by atoms with Crippen molar-refractivity contribution >= 4 is 11.7 Å². The Balaban J connectivity index is 3.07. The Morgan fingerprint density at radius 2 is 2.27 bits per heavy atom. The highest BCUT2D eigenvalue weighted by Gasteiger charge is 2.07. The van der Waals surface area contributed by atoms with Gasteiger partial charge in [0.05, 0.1) is 13.5 Å². The van der Waals surface area contributed by atoms with Crippen LogP contribution in [0.2, 0.25) is 0 Å². The Labute approximate surface area is 89.2 Å². The summed E-state index contributed by atoms with van der Waals surface area (Å²) in [5.41, 5.74) is 8.73. The maximum atomic E-state index is 11.1. The summed E-state index contributed by atoms with van der Waals surface area (Å²) >= 11 is 0. The van der Waals surface area contributed by atoms with Crippen LogP contribution in [0.25, 0.3) is 0 Å². The average Bonchev–Trinajstić information content (AvgIpc) is 2.22. The lowest BCUT2D eigenvalue weighted by Gasteiger charge is -2.07. The molecule has 0 saturated carbocycles. The smallest absolute Gasteiger partial charge is 0.309 e. The van der Waals surface area contributed by atoms with Crippen LogP contribution in [-0.4, -0.2) is 13.1 Å². The van der Waals surface area contributed by atoms with E-state index in [1.807, 2.05) is 6.92 Å². The predicted octanol–water partition coefficient (Wildman–Crippen LogP) is 1.27. The molecule has 3 heteroatoms. The number of nitrogens with two attached hydrogens (primary N) is 1. The lowest BCUT2D eigenvalue weighted by molar-refractivity contribution is -0.139. The third-order valence-electron chi connectivity index (χ3n) is 2.24. The summed E-state index contributed by atoms with van der Waals surface area (Å²) in [4.78, 5) is 11.1. The molecule has 0 aliphatic carbocycles. The predicted molar refractivity (Wildman–Crippen MR) is 59.2 cm³/mol. The van der Waals surface area contributed by atoms with Crippen LogP contribution in [0.1, 0.15) is 16.7 Å². The number of carbonyl (C=O) groups is 1. The number of rotatable bonds is 2. The minimum absolute atomic E-state index is 0.190. The van der Waals surface area contributed by atoms with Gasteiger partial charge in [-0.15, -0.1) is 6.42 Å². The van der Waals surface area contributed by atoms with E-state index in [0.29, 0.717) is 11.3 Å². The van der Waals surface area contributed by atoms with Crippen LogP contribution >= 0.6 is 0 Å². The van der Waals surface area contributed by atoms with E-state index in [1.54, 1.807) is 12.1 Å².